The quantitative estimate of drug-likeness (QED) is 0.429. The Bertz CT molecular complexity index is 1480. The zero-order valence-electron chi connectivity index (χ0n) is 18.7. The van der Waals surface area contributed by atoms with Crippen LogP contribution >= 0.6 is 0 Å². The first kappa shape index (κ1) is 23.1. The average molecular weight is 497 g/mol. The third-order valence-corrected chi connectivity index (χ3v) is 8.55. The summed E-state index contributed by atoms with van der Waals surface area (Å²) in [5.74, 6) is -0.501. The summed E-state index contributed by atoms with van der Waals surface area (Å²) in [6.07, 6.45) is 4.63. The Morgan fingerprint density at radius 2 is 2.00 bits per heavy atom. The van der Waals surface area contributed by atoms with Gasteiger partial charge in [0.25, 0.3) is 5.56 Å². The fourth-order valence-electron chi connectivity index (χ4n) is 4.72. The van der Waals surface area contributed by atoms with Crippen LogP contribution in [0.25, 0.3) is 10.9 Å². The van der Waals surface area contributed by atoms with Gasteiger partial charge in [0.15, 0.2) is 5.82 Å². The topological polar surface area (TPSA) is 161 Å². The highest BCUT2D eigenvalue weighted by Crippen LogP contribution is 2.43. The van der Waals surface area contributed by atoms with Crippen molar-refractivity contribution in [2.24, 2.45) is 5.92 Å². The van der Waals surface area contributed by atoms with E-state index in [1.807, 2.05) is 0 Å². The Hall–Kier alpha value is -3.69. The predicted molar refractivity (Wildman–Crippen MR) is 127 cm³/mol. The summed E-state index contributed by atoms with van der Waals surface area (Å²) in [5.41, 5.74) is 0.810. The number of anilines is 2. The van der Waals surface area contributed by atoms with Crippen LogP contribution in [-0.4, -0.2) is 51.1 Å². The van der Waals surface area contributed by atoms with Gasteiger partial charge in [-0.2, -0.15) is 14.7 Å². The molecule has 182 valence electrons. The summed E-state index contributed by atoms with van der Waals surface area (Å²) in [5, 5.41) is 26.7. The van der Waals surface area contributed by atoms with Crippen molar-refractivity contribution in [2.75, 3.05) is 11.9 Å². The molecule has 35 heavy (non-hydrogen) atoms. The van der Waals surface area contributed by atoms with E-state index in [2.05, 4.69) is 21.5 Å². The molecule has 1 aromatic carbocycles. The molecule has 5 rings (SSSR count). The van der Waals surface area contributed by atoms with Crippen molar-refractivity contribution < 1.29 is 18.3 Å². The predicted octanol–water partition coefficient (Wildman–Crippen LogP) is 2.57. The van der Waals surface area contributed by atoms with E-state index in [0.717, 1.165) is 17.1 Å². The largest absolute Gasteiger partial charge is 0.480 e. The van der Waals surface area contributed by atoms with Gasteiger partial charge in [-0.25, -0.2) is 8.42 Å². The molecule has 1 saturated carbocycles. The third kappa shape index (κ3) is 4.17. The molecule has 1 unspecified atom stereocenters. The molecule has 0 bridgehead atoms. The molecule has 2 aromatic heterocycles. The molecule has 2 fully saturated rings. The van der Waals surface area contributed by atoms with Crippen LogP contribution in [0.1, 0.15) is 38.1 Å². The van der Waals surface area contributed by atoms with Crippen LogP contribution in [0.15, 0.2) is 46.2 Å². The minimum Gasteiger partial charge on any atom is -0.480 e. The van der Waals surface area contributed by atoms with Crippen LogP contribution in [-0.2, 0) is 14.8 Å². The van der Waals surface area contributed by atoms with Gasteiger partial charge in [-0.05, 0) is 61.9 Å². The molecular weight excluding hydrogens is 472 g/mol. The van der Waals surface area contributed by atoms with Gasteiger partial charge in [0.1, 0.15) is 11.4 Å². The van der Waals surface area contributed by atoms with Crippen molar-refractivity contribution >= 4 is 38.4 Å². The fraction of sp³-hybridized carbons (Fsp3) is 0.391. The first-order valence-corrected chi connectivity index (χ1v) is 12.8. The van der Waals surface area contributed by atoms with Crippen molar-refractivity contribution in [3.63, 3.8) is 0 Å². The van der Waals surface area contributed by atoms with Crippen LogP contribution < -0.4 is 10.9 Å². The second-order valence-corrected chi connectivity index (χ2v) is 10.8. The molecular formula is C23H24N6O5S. The van der Waals surface area contributed by atoms with Gasteiger partial charge in [0, 0.05) is 18.4 Å². The molecule has 0 spiro atoms. The van der Waals surface area contributed by atoms with Gasteiger partial charge in [-0.1, -0.05) is 0 Å². The molecule has 2 aliphatic rings. The third-order valence-electron chi connectivity index (χ3n) is 6.62. The number of benzene rings is 1. The molecule has 0 radical (unpaired) electrons. The Morgan fingerprint density at radius 1 is 1.26 bits per heavy atom. The van der Waals surface area contributed by atoms with E-state index in [-0.39, 0.29) is 35.9 Å². The Balaban J connectivity index is 1.46. The van der Waals surface area contributed by atoms with E-state index in [1.165, 1.54) is 12.1 Å². The summed E-state index contributed by atoms with van der Waals surface area (Å²) >= 11 is 0. The molecule has 1 saturated heterocycles. The number of fused-ring (bicyclic) bond motifs is 1. The lowest BCUT2D eigenvalue weighted by Gasteiger charge is -2.21. The molecule has 0 amide bonds. The molecule has 2 atom stereocenters. The van der Waals surface area contributed by atoms with Crippen molar-refractivity contribution in [2.45, 2.75) is 49.1 Å². The Kier molecular flexibility index (Phi) is 5.82. The highest BCUT2D eigenvalue weighted by Gasteiger charge is 2.39. The Labute approximate surface area is 201 Å². The number of carboxylic acid groups (broad SMARTS) is 1. The van der Waals surface area contributed by atoms with Crippen LogP contribution in [0.5, 0.6) is 0 Å². The van der Waals surface area contributed by atoms with E-state index in [0.29, 0.717) is 34.7 Å². The number of rotatable bonds is 8. The van der Waals surface area contributed by atoms with E-state index < -0.39 is 22.0 Å². The lowest BCUT2D eigenvalue weighted by atomic mass is 10.1. The Morgan fingerprint density at radius 3 is 2.66 bits per heavy atom. The number of aromatic nitrogens is 3. The second-order valence-electron chi connectivity index (χ2n) is 8.89. The molecule has 11 nitrogen and oxygen atoms in total. The summed E-state index contributed by atoms with van der Waals surface area (Å²) in [6, 6.07) is 8.69. The van der Waals surface area contributed by atoms with Crippen LogP contribution in [0.2, 0.25) is 0 Å². The maximum atomic E-state index is 13.0. The zero-order chi connectivity index (χ0) is 24.7. The van der Waals surface area contributed by atoms with Crippen molar-refractivity contribution in [3.8, 4) is 6.07 Å². The van der Waals surface area contributed by atoms with Crippen LogP contribution in [0.3, 0.4) is 0 Å². The first-order chi connectivity index (χ1) is 16.8. The van der Waals surface area contributed by atoms with Crippen molar-refractivity contribution in [1.82, 2.24) is 19.1 Å². The lowest BCUT2D eigenvalue weighted by molar-refractivity contribution is -0.140. The number of nitrogens with zero attached hydrogens (tertiary/aromatic N) is 4. The van der Waals surface area contributed by atoms with Gasteiger partial charge < -0.3 is 15.4 Å². The monoisotopic (exact) mass is 496 g/mol. The minimum absolute atomic E-state index is 0.00717. The van der Waals surface area contributed by atoms with Crippen molar-refractivity contribution in [1.29, 1.82) is 5.26 Å². The number of H-pyrrole nitrogens is 1. The van der Waals surface area contributed by atoms with Gasteiger partial charge in [0.2, 0.25) is 10.0 Å². The number of sulfonamides is 1. The highest BCUT2D eigenvalue weighted by molar-refractivity contribution is 7.89. The van der Waals surface area contributed by atoms with Crippen LogP contribution in [0.4, 0.5) is 11.5 Å². The normalized spacial score (nSPS) is 19.5. The number of carbonyl (C=O) groups is 1. The van der Waals surface area contributed by atoms with E-state index in [4.69, 9.17) is 0 Å². The smallest absolute Gasteiger partial charge is 0.322 e. The van der Waals surface area contributed by atoms with Gasteiger partial charge >= 0.3 is 5.97 Å². The molecule has 1 aliphatic heterocycles. The van der Waals surface area contributed by atoms with Crippen molar-refractivity contribution in [3.05, 3.63) is 46.9 Å². The number of nitriles is 1. The standard InChI is InChI=1S/C23H24N6O5S/c24-11-9-17(14-3-4-14)29-18-10-12-25-22(30)20(18)21(27-29)26-15-5-7-16(8-6-15)35(33,34)28-13-1-2-19(28)23(31)32/h5-8,10,12,14,17,19H,1-4,9,13H2,(H,25,30)(H,26,27)(H,31,32)/t17?,19-/m1/s1. The molecule has 3 heterocycles. The van der Waals surface area contributed by atoms with Crippen LogP contribution in [0, 0.1) is 17.2 Å². The number of carboxylic acids is 1. The second kappa shape index (κ2) is 8.83. The summed E-state index contributed by atoms with van der Waals surface area (Å²) in [4.78, 5) is 26.7. The first-order valence-electron chi connectivity index (χ1n) is 11.4. The van der Waals surface area contributed by atoms with Gasteiger partial charge in [-0.3, -0.25) is 14.3 Å². The number of nitrogens with one attached hydrogen (secondary N) is 2. The summed E-state index contributed by atoms with van der Waals surface area (Å²) in [7, 11) is -3.96. The van der Waals surface area contributed by atoms with Gasteiger partial charge in [0.05, 0.1) is 28.9 Å². The summed E-state index contributed by atoms with van der Waals surface area (Å²) in [6.45, 7) is 0.163. The zero-order valence-corrected chi connectivity index (χ0v) is 19.5. The lowest BCUT2D eigenvalue weighted by Crippen LogP contribution is -2.40. The average Bonchev–Trinajstić information content (AvgIpc) is 3.41. The molecule has 12 heteroatoms. The van der Waals surface area contributed by atoms with E-state index >= 15 is 0 Å². The number of aromatic amines is 1. The number of aliphatic carboxylic acids is 1. The fourth-order valence-corrected chi connectivity index (χ4v) is 6.38. The maximum absolute atomic E-state index is 13.0. The minimum atomic E-state index is -3.96. The molecule has 3 aromatic rings. The van der Waals surface area contributed by atoms with E-state index in [9.17, 15) is 28.4 Å². The van der Waals surface area contributed by atoms with E-state index in [1.54, 1.807) is 29.1 Å². The van der Waals surface area contributed by atoms with Gasteiger partial charge in [-0.15, -0.1) is 0 Å². The highest BCUT2D eigenvalue weighted by atomic mass is 32.2. The number of hydrogen-bond acceptors (Lipinski definition) is 7. The molecule has 1 aliphatic carbocycles. The number of hydrogen-bond donors (Lipinski definition) is 3. The molecule has 3 N–H and O–H groups in total. The SMILES string of the molecule is N#CCC(C1CC1)n1nc(Nc2ccc(S(=O)(=O)N3CCC[C@@H]3C(=O)O)cc2)c2c(=O)[nH]ccc21. The summed E-state index contributed by atoms with van der Waals surface area (Å²) < 4.78 is 28.8. The maximum Gasteiger partial charge on any atom is 0.322 e. The number of pyridine rings is 1.